The van der Waals surface area contributed by atoms with Crippen LogP contribution in [0.5, 0.6) is 5.75 Å². The number of nitrogen functional groups attached to an aromatic ring is 1. The zero-order chi connectivity index (χ0) is 9.42. The van der Waals surface area contributed by atoms with Gasteiger partial charge in [-0.2, -0.15) is 0 Å². The van der Waals surface area contributed by atoms with Crippen LogP contribution in [-0.2, 0) is 7.05 Å². The van der Waals surface area contributed by atoms with Gasteiger partial charge in [0.05, 0.1) is 30.2 Å². The van der Waals surface area contributed by atoms with Crippen molar-refractivity contribution in [2.45, 2.75) is 0 Å². The molecule has 0 radical (unpaired) electrons. The third kappa shape index (κ3) is 1.11. The standard InChI is InChI=1S/C9H11N3O/c1-12-5-11-7-4-9(13-2)6(10)3-8(7)12/h3-5H,10H2,1-2H3. The number of fused-ring (bicyclic) bond motifs is 1. The fourth-order valence-corrected chi connectivity index (χ4v) is 1.35. The van der Waals surface area contributed by atoms with Crippen molar-refractivity contribution in [3.8, 4) is 5.75 Å². The summed E-state index contributed by atoms with van der Waals surface area (Å²) in [6.07, 6.45) is 1.75. The molecule has 2 aromatic rings. The summed E-state index contributed by atoms with van der Waals surface area (Å²) < 4.78 is 7.01. The number of rotatable bonds is 1. The number of nitrogens with two attached hydrogens (primary N) is 1. The van der Waals surface area contributed by atoms with Gasteiger partial charge in [-0.3, -0.25) is 0 Å². The molecule has 4 heteroatoms. The van der Waals surface area contributed by atoms with Crippen LogP contribution in [-0.4, -0.2) is 16.7 Å². The molecule has 0 unspecified atom stereocenters. The second-order valence-corrected chi connectivity index (χ2v) is 2.94. The molecular formula is C9H11N3O. The molecule has 0 bridgehead atoms. The van der Waals surface area contributed by atoms with Crippen LogP contribution in [0.1, 0.15) is 0 Å². The minimum Gasteiger partial charge on any atom is -0.495 e. The number of imidazole rings is 1. The highest BCUT2D eigenvalue weighted by Gasteiger charge is 2.05. The Hall–Kier alpha value is -1.71. The molecule has 4 nitrogen and oxygen atoms in total. The predicted molar refractivity (Wildman–Crippen MR) is 51.7 cm³/mol. The van der Waals surface area contributed by atoms with E-state index in [1.807, 2.05) is 23.7 Å². The van der Waals surface area contributed by atoms with Gasteiger partial charge in [-0.05, 0) is 6.07 Å². The van der Waals surface area contributed by atoms with E-state index in [0.717, 1.165) is 11.0 Å². The van der Waals surface area contributed by atoms with E-state index in [-0.39, 0.29) is 0 Å². The van der Waals surface area contributed by atoms with Crippen LogP contribution in [0.3, 0.4) is 0 Å². The second-order valence-electron chi connectivity index (χ2n) is 2.94. The molecule has 13 heavy (non-hydrogen) atoms. The number of nitrogens with zero attached hydrogens (tertiary/aromatic N) is 2. The van der Waals surface area contributed by atoms with Crippen molar-refractivity contribution in [2.24, 2.45) is 7.05 Å². The topological polar surface area (TPSA) is 53.1 Å². The van der Waals surface area contributed by atoms with Crippen LogP contribution < -0.4 is 10.5 Å². The third-order valence-corrected chi connectivity index (χ3v) is 2.08. The van der Waals surface area contributed by atoms with Gasteiger partial charge in [0.15, 0.2) is 0 Å². The van der Waals surface area contributed by atoms with Crippen LogP contribution in [0.15, 0.2) is 18.5 Å². The molecule has 68 valence electrons. The quantitative estimate of drug-likeness (QED) is 0.665. The molecule has 0 spiro atoms. The monoisotopic (exact) mass is 177 g/mol. The Morgan fingerprint density at radius 3 is 2.92 bits per heavy atom. The molecule has 0 aliphatic heterocycles. The zero-order valence-electron chi connectivity index (χ0n) is 7.61. The maximum absolute atomic E-state index is 5.76. The predicted octanol–water partition coefficient (Wildman–Crippen LogP) is 1.16. The highest BCUT2D eigenvalue weighted by molar-refractivity contribution is 5.82. The molecule has 0 aliphatic carbocycles. The molecule has 0 atom stereocenters. The highest BCUT2D eigenvalue weighted by Crippen LogP contribution is 2.26. The maximum Gasteiger partial charge on any atom is 0.144 e. The Labute approximate surface area is 75.9 Å². The summed E-state index contributed by atoms with van der Waals surface area (Å²) in [5.41, 5.74) is 8.31. The Morgan fingerprint density at radius 2 is 2.23 bits per heavy atom. The number of hydrogen-bond acceptors (Lipinski definition) is 3. The van der Waals surface area contributed by atoms with Crippen LogP contribution in [0.25, 0.3) is 11.0 Å². The number of benzene rings is 1. The van der Waals surface area contributed by atoms with E-state index in [4.69, 9.17) is 10.5 Å². The van der Waals surface area contributed by atoms with Crippen molar-refractivity contribution in [2.75, 3.05) is 12.8 Å². The first-order valence-electron chi connectivity index (χ1n) is 3.97. The molecule has 0 fully saturated rings. The lowest BCUT2D eigenvalue weighted by molar-refractivity contribution is 0.417. The first-order chi connectivity index (χ1) is 6.22. The number of aromatic nitrogens is 2. The van der Waals surface area contributed by atoms with Crippen molar-refractivity contribution in [3.63, 3.8) is 0 Å². The number of ether oxygens (including phenoxy) is 1. The Kier molecular flexibility index (Phi) is 1.62. The van der Waals surface area contributed by atoms with E-state index in [1.165, 1.54) is 0 Å². The molecule has 1 aromatic heterocycles. The Balaban J connectivity index is 2.76. The normalized spacial score (nSPS) is 10.6. The van der Waals surface area contributed by atoms with Gasteiger partial charge in [0.25, 0.3) is 0 Å². The Bertz CT molecular complexity index is 447. The summed E-state index contributed by atoms with van der Waals surface area (Å²) >= 11 is 0. The van der Waals surface area contributed by atoms with Crippen molar-refractivity contribution < 1.29 is 4.74 Å². The van der Waals surface area contributed by atoms with E-state index in [2.05, 4.69) is 4.98 Å². The fraction of sp³-hybridized carbons (Fsp3) is 0.222. The lowest BCUT2D eigenvalue weighted by atomic mass is 10.2. The molecule has 2 N–H and O–H groups in total. The van der Waals surface area contributed by atoms with Crippen molar-refractivity contribution >= 4 is 16.7 Å². The van der Waals surface area contributed by atoms with E-state index in [1.54, 1.807) is 13.4 Å². The van der Waals surface area contributed by atoms with Gasteiger partial charge in [0.2, 0.25) is 0 Å². The molecule has 1 heterocycles. The molecule has 0 saturated carbocycles. The van der Waals surface area contributed by atoms with Gasteiger partial charge in [0.1, 0.15) is 5.75 Å². The van der Waals surface area contributed by atoms with E-state index in [9.17, 15) is 0 Å². The van der Waals surface area contributed by atoms with Crippen molar-refractivity contribution in [1.82, 2.24) is 9.55 Å². The summed E-state index contributed by atoms with van der Waals surface area (Å²) in [5.74, 6) is 0.672. The molecule has 2 rings (SSSR count). The van der Waals surface area contributed by atoms with E-state index in [0.29, 0.717) is 11.4 Å². The van der Waals surface area contributed by atoms with Crippen molar-refractivity contribution in [1.29, 1.82) is 0 Å². The minimum absolute atomic E-state index is 0.638. The summed E-state index contributed by atoms with van der Waals surface area (Å²) in [6.45, 7) is 0. The van der Waals surface area contributed by atoms with Crippen molar-refractivity contribution in [3.05, 3.63) is 18.5 Å². The summed E-state index contributed by atoms with van der Waals surface area (Å²) in [4.78, 5) is 4.20. The number of methoxy groups -OCH3 is 1. The number of anilines is 1. The second kappa shape index (κ2) is 2.65. The fourth-order valence-electron chi connectivity index (χ4n) is 1.35. The SMILES string of the molecule is COc1cc2ncn(C)c2cc1N. The zero-order valence-corrected chi connectivity index (χ0v) is 7.61. The highest BCUT2D eigenvalue weighted by atomic mass is 16.5. The summed E-state index contributed by atoms with van der Waals surface area (Å²) in [5, 5.41) is 0. The van der Waals surface area contributed by atoms with Crippen LogP contribution in [0.4, 0.5) is 5.69 Å². The third-order valence-electron chi connectivity index (χ3n) is 2.08. The van der Waals surface area contributed by atoms with Gasteiger partial charge in [0, 0.05) is 13.1 Å². The maximum atomic E-state index is 5.76. The minimum atomic E-state index is 0.638. The van der Waals surface area contributed by atoms with Gasteiger partial charge >= 0.3 is 0 Å². The van der Waals surface area contributed by atoms with E-state index < -0.39 is 0 Å². The summed E-state index contributed by atoms with van der Waals surface area (Å²) in [6, 6.07) is 3.70. The molecule has 0 saturated heterocycles. The smallest absolute Gasteiger partial charge is 0.144 e. The summed E-state index contributed by atoms with van der Waals surface area (Å²) in [7, 11) is 3.53. The molecular weight excluding hydrogens is 166 g/mol. The largest absolute Gasteiger partial charge is 0.495 e. The lowest BCUT2D eigenvalue weighted by Crippen LogP contribution is -1.93. The molecule has 0 amide bonds. The van der Waals surface area contributed by atoms with Gasteiger partial charge in [-0.1, -0.05) is 0 Å². The first kappa shape index (κ1) is 7.91. The van der Waals surface area contributed by atoms with Gasteiger partial charge in [-0.25, -0.2) is 4.98 Å². The first-order valence-corrected chi connectivity index (χ1v) is 3.97. The number of aryl methyl sites for hydroxylation is 1. The molecule has 1 aromatic carbocycles. The Morgan fingerprint density at radius 1 is 1.46 bits per heavy atom. The van der Waals surface area contributed by atoms with E-state index >= 15 is 0 Å². The number of hydrogen-bond donors (Lipinski definition) is 1. The average Bonchev–Trinajstić information content (AvgIpc) is 2.47. The lowest BCUT2D eigenvalue weighted by Gasteiger charge is -2.03. The average molecular weight is 177 g/mol. The van der Waals surface area contributed by atoms with Crippen LogP contribution in [0, 0.1) is 0 Å². The molecule has 0 aliphatic rings. The van der Waals surface area contributed by atoms with Crippen LogP contribution >= 0.6 is 0 Å². The van der Waals surface area contributed by atoms with Crippen LogP contribution in [0.2, 0.25) is 0 Å². The van der Waals surface area contributed by atoms with Gasteiger partial charge in [-0.15, -0.1) is 0 Å². The van der Waals surface area contributed by atoms with Gasteiger partial charge < -0.3 is 15.0 Å².